The van der Waals surface area contributed by atoms with Crippen molar-refractivity contribution in [3.05, 3.63) is 18.2 Å². The molecule has 0 aliphatic rings. The van der Waals surface area contributed by atoms with Crippen LogP contribution in [0.2, 0.25) is 0 Å². The minimum atomic E-state index is -1.23. The molecule has 14 nitrogen and oxygen atoms in total. The number of nitrogens with two attached hydrogens (primary N) is 3. The highest BCUT2D eigenvalue weighted by Gasteiger charge is 2.31. The normalized spacial score (nSPS) is 14.2. The van der Waals surface area contributed by atoms with Crippen LogP contribution in [0.1, 0.15) is 38.8 Å². The minimum Gasteiger partial charge on any atom is -0.480 e. The molecule has 0 radical (unpaired) electrons. The van der Waals surface area contributed by atoms with Crippen LogP contribution in [-0.2, 0) is 25.6 Å². The summed E-state index contributed by atoms with van der Waals surface area (Å²) in [5.41, 5.74) is 16.8. The second-order valence-electron chi connectivity index (χ2n) is 8.67. The Morgan fingerprint density at radius 2 is 1.69 bits per heavy atom. The number of aliphatic carboxylic acids is 1. The topological polar surface area (TPSA) is 244 Å². The van der Waals surface area contributed by atoms with Crippen LogP contribution in [0.3, 0.4) is 0 Å². The van der Waals surface area contributed by atoms with Crippen molar-refractivity contribution in [2.75, 3.05) is 12.3 Å². The molecule has 0 aromatic carbocycles. The van der Waals surface area contributed by atoms with Crippen molar-refractivity contribution >= 4 is 42.3 Å². The van der Waals surface area contributed by atoms with Crippen molar-refractivity contribution in [2.45, 2.75) is 63.7 Å². The van der Waals surface area contributed by atoms with E-state index >= 15 is 0 Å². The summed E-state index contributed by atoms with van der Waals surface area (Å²) >= 11 is 4.00. The molecule has 1 aromatic heterocycles. The van der Waals surface area contributed by atoms with Crippen molar-refractivity contribution in [3.8, 4) is 0 Å². The van der Waals surface area contributed by atoms with E-state index in [2.05, 4.69) is 43.5 Å². The van der Waals surface area contributed by atoms with Crippen LogP contribution in [0, 0.1) is 5.92 Å². The number of guanidine groups is 1. The number of aromatic amines is 1. The number of aromatic nitrogens is 2. The summed E-state index contributed by atoms with van der Waals surface area (Å²) in [6.07, 6.45) is 3.64. The zero-order chi connectivity index (χ0) is 27.3. The highest BCUT2D eigenvalue weighted by molar-refractivity contribution is 7.80. The largest absolute Gasteiger partial charge is 0.480 e. The van der Waals surface area contributed by atoms with E-state index in [1.54, 1.807) is 0 Å². The summed E-state index contributed by atoms with van der Waals surface area (Å²) in [4.78, 5) is 60.7. The van der Waals surface area contributed by atoms with E-state index in [0.717, 1.165) is 0 Å². The highest BCUT2D eigenvalue weighted by atomic mass is 32.1. The average molecular weight is 528 g/mol. The van der Waals surface area contributed by atoms with Crippen LogP contribution in [0.25, 0.3) is 0 Å². The fraction of sp³-hybridized carbons (Fsp3) is 0.619. The van der Waals surface area contributed by atoms with E-state index in [1.807, 2.05) is 13.8 Å². The molecule has 15 heteroatoms. The first-order chi connectivity index (χ1) is 16.9. The second kappa shape index (κ2) is 15.6. The minimum absolute atomic E-state index is 0.00977. The molecule has 4 unspecified atom stereocenters. The van der Waals surface area contributed by atoms with Crippen molar-refractivity contribution in [1.29, 1.82) is 0 Å². The average Bonchev–Trinajstić information content (AvgIpc) is 3.31. The van der Waals surface area contributed by atoms with Gasteiger partial charge in [-0.3, -0.25) is 19.4 Å². The maximum Gasteiger partial charge on any atom is 0.326 e. The molecule has 3 amide bonds. The molecular weight excluding hydrogens is 490 g/mol. The Bertz CT molecular complexity index is 890. The highest BCUT2D eigenvalue weighted by Crippen LogP contribution is 2.09. The third-order valence-electron chi connectivity index (χ3n) is 5.05. The molecule has 0 aliphatic heterocycles. The molecule has 0 spiro atoms. The van der Waals surface area contributed by atoms with Crippen molar-refractivity contribution < 1.29 is 24.3 Å². The fourth-order valence-corrected chi connectivity index (χ4v) is 3.36. The Kier molecular flexibility index (Phi) is 13.3. The number of nitrogens with zero attached hydrogens (tertiary/aromatic N) is 2. The van der Waals surface area contributed by atoms with Gasteiger partial charge in [-0.05, 0) is 25.2 Å². The first kappa shape index (κ1) is 30.7. The first-order valence-corrected chi connectivity index (χ1v) is 12.1. The summed E-state index contributed by atoms with van der Waals surface area (Å²) in [6.45, 7) is 3.91. The van der Waals surface area contributed by atoms with E-state index in [-0.39, 0.29) is 43.4 Å². The summed E-state index contributed by atoms with van der Waals surface area (Å²) < 4.78 is 0. The van der Waals surface area contributed by atoms with Crippen LogP contribution in [-0.4, -0.2) is 81.2 Å². The number of carboxylic acid groups (broad SMARTS) is 1. The molecule has 202 valence electrons. The number of hydrogen-bond acceptors (Lipinski definition) is 8. The number of imidazole rings is 1. The van der Waals surface area contributed by atoms with Crippen LogP contribution in [0.15, 0.2) is 17.5 Å². The van der Waals surface area contributed by atoms with Crippen LogP contribution < -0.4 is 33.2 Å². The monoisotopic (exact) mass is 527 g/mol. The zero-order valence-corrected chi connectivity index (χ0v) is 21.3. The number of rotatable bonds is 16. The fourth-order valence-electron chi connectivity index (χ4n) is 3.20. The number of carbonyl (C=O) groups is 4. The molecule has 0 fully saturated rings. The number of thiol groups is 1. The summed E-state index contributed by atoms with van der Waals surface area (Å²) in [5, 5.41) is 17.2. The lowest BCUT2D eigenvalue weighted by Crippen LogP contribution is -2.58. The van der Waals surface area contributed by atoms with Crippen LogP contribution in [0.5, 0.6) is 0 Å². The number of nitrogens with one attached hydrogen (secondary N) is 4. The Balaban J connectivity index is 2.98. The quantitative estimate of drug-likeness (QED) is 0.0491. The van der Waals surface area contributed by atoms with Gasteiger partial charge in [0.25, 0.3) is 0 Å². The van der Waals surface area contributed by atoms with E-state index in [9.17, 15) is 24.3 Å². The van der Waals surface area contributed by atoms with Crippen molar-refractivity contribution in [3.63, 3.8) is 0 Å². The predicted octanol–water partition coefficient (Wildman–Crippen LogP) is -2.15. The van der Waals surface area contributed by atoms with Gasteiger partial charge in [-0.1, -0.05) is 13.8 Å². The van der Waals surface area contributed by atoms with E-state index in [1.165, 1.54) is 12.5 Å². The van der Waals surface area contributed by atoms with Gasteiger partial charge < -0.3 is 43.2 Å². The van der Waals surface area contributed by atoms with Gasteiger partial charge in [-0.2, -0.15) is 12.6 Å². The molecular formula is C21H37N9O5S. The lowest BCUT2D eigenvalue weighted by molar-refractivity contribution is -0.142. The van der Waals surface area contributed by atoms with Gasteiger partial charge in [0.1, 0.15) is 18.1 Å². The Labute approximate surface area is 215 Å². The Morgan fingerprint density at radius 1 is 1.08 bits per heavy atom. The summed E-state index contributed by atoms with van der Waals surface area (Å²) in [7, 11) is 0. The molecule has 4 atom stereocenters. The van der Waals surface area contributed by atoms with Crippen molar-refractivity contribution in [2.24, 2.45) is 28.1 Å². The predicted molar refractivity (Wildman–Crippen MR) is 137 cm³/mol. The smallest absolute Gasteiger partial charge is 0.326 e. The number of H-pyrrole nitrogens is 1. The SMILES string of the molecule is CC(C)CC(NC(=O)C(Cc1cnc[nH]1)NC(=O)C(N)CS)C(=O)NC(CCCN=C(N)N)C(=O)O. The molecule has 0 saturated carbocycles. The lowest BCUT2D eigenvalue weighted by Gasteiger charge is -2.26. The standard InChI is InChI=1S/C21H37N9O5S/c1-11(2)6-15(18(32)28-14(20(34)35)4-3-5-26-21(23)24)30-19(33)16(7-12-8-25-10-27-12)29-17(31)13(22)9-36/h8,10-11,13-16,36H,3-7,9,22H2,1-2H3,(H,25,27)(H,28,32)(H,29,31)(H,30,33)(H,34,35)(H4,23,24,26). The van der Waals surface area contributed by atoms with E-state index in [4.69, 9.17) is 17.2 Å². The molecule has 11 N–H and O–H groups in total. The Morgan fingerprint density at radius 3 is 2.22 bits per heavy atom. The molecule has 1 heterocycles. The van der Waals surface area contributed by atoms with E-state index < -0.39 is 47.9 Å². The molecule has 36 heavy (non-hydrogen) atoms. The van der Waals surface area contributed by atoms with E-state index in [0.29, 0.717) is 12.1 Å². The van der Waals surface area contributed by atoms with Gasteiger partial charge in [-0.15, -0.1) is 0 Å². The molecule has 0 bridgehead atoms. The van der Waals surface area contributed by atoms with Gasteiger partial charge in [0, 0.05) is 30.6 Å². The maximum atomic E-state index is 13.2. The third-order valence-corrected chi connectivity index (χ3v) is 5.44. The summed E-state index contributed by atoms with van der Waals surface area (Å²) in [5.74, 6) is -3.16. The maximum absolute atomic E-state index is 13.2. The summed E-state index contributed by atoms with van der Waals surface area (Å²) in [6, 6.07) is -4.25. The third kappa shape index (κ3) is 11.4. The van der Waals surface area contributed by atoms with Crippen LogP contribution in [0.4, 0.5) is 0 Å². The lowest BCUT2D eigenvalue weighted by atomic mass is 10.0. The molecule has 0 aliphatic carbocycles. The molecule has 1 aromatic rings. The Hall–Kier alpha value is -3.33. The van der Waals surface area contributed by atoms with Gasteiger partial charge in [0.2, 0.25) is 17.7 Å². The number of carbonyl (C=O) groups excluding carboxylic acids is 3. The van der Waals surface area contributed by atoms with Crippen LogP contribution >= 0.6 is 12.6 Å². The molecule has 0 saturated heterocycles. The van der Waals surface area contributed by atoms with Gasteiger partial charge in [0.05, 0.1) is 12.4 Å². The number of amides is 3. The number of aliphatic imine (C=N–C) groups is 1. The number of carboxylic acids is 1. The van der Waals surface area contributed by atoms with Gasteiger partial charge in [0.15, 0.2) is 5.96 Å². The molecule has 1 rings (SSSR count). The second-order valence-corrected chi connectivity index (χ2v) is 9.04. The first-order valence-electron chi connectivity index (χ1n) is 11.5. The number of hydrogen-bond donors (Lipinski definition) is 9. The zero-order valence-electron chi connectivity index (χ0n) is 20.4. The van der Waals surface area contributed by atoms with Gasteiger partial charge in [-0.25, -0.2) is 9.78 Å². The van der Waals surface area contributed by atoms with Crippen molar-refractivity contribution in [1.82, 2.24) is 25.9 Å². The van der Waals surface area contributed by atoms with Gasteiger partial charge >= 0.3 is 5.97 Å².